The highest BCUT2D eigenvalue weighted by Crippen LogP contribution is 2.43. The molecule has 7 nitrogen and oxygen atoms in total. The van der Waals surface area contributed by atoms with Gasteiger partial charge in [0.05, 0.1) is 26.1 Å². The molecule has 2 aromatic carbocycles. The van der Waals surface area contributed by atoms with Gasteiger partial charge in [-0.05, 0) is 49.4 Å². The zero-order chi connectivity index (χ0) is 22.1. The number of carbonyl (C=O) groups excluding carboxylic acids is 2. The molecule has 0 saturated carbocycles. The summed E-state index contributed by atoms with van der Waals surface area (Å²) in [5.41, 5.74) is 1.80. The number of amides is 1. The van der Waals surface area contributed by atoms with Gasteiger partial charge in [-0.3, -0.25) is 14.5 Å². The van der Waals surface area contributed by atoms with E-state index < -0.39 is 17.7 Å². The van der Waals surface area contributed by atoms with Crippen molar-refractivity contribution in [3.63, 3.8) is 0 Å². The molecule has 31 heavy (non-hydrogen) atoms. The molecular weight excluding hydrogens is 398 g/mol. The van der Waals surface area contributed by atoms with E-state index in [1.54, 1.807) is 42.5 Å². The van der Waals surface area contributed by atoms with Gasteiger partial charge in [-0.15, -0.1) is 0 Å². The van der Waals surface area contributed by atoms with E-state index in [1.807, 2.05) is 19.1 Å². The van der Waals surface area contributed by atoms with Crippen LogP contribution in [-0.4, -0.2) is 31.0 Å². The number of aliphatic hydroxyl groups is 1. The fourth-order valence-electron chi connectivity index (χ4n) is 3.66. The lowest BCUT2D eigenvalue weighted by atomic mass is 9.99. The summed E-state index contributed by atoms with van der Waals surface area (Å²) in [5.74, 6) is -0.644. The number of aliphatic hydroxyl groups excluding tert-OH is 1. The minimum atomic E-state index is -0.911. The Balaban J connectivity index is 1.90. The van der Waals surface area contributed by atoms with E-state index in [-0.39, 0.29) is 11.3 Å². The summed E-state index contributed by atoms with van der Waals surface area (Å²) >= 11 is 0. The Morgan fingerprint density at radius 3 is 2.32 bits per heavy atom. The first-order chi connectivity index (χ1) is 15.0. The topological polar surface area (TPSA) is 89.2 Å². The van der Waals surface area contributed by atoms with Crippen LogP contribution in [0.2, 0.25) is 0 Å². The number of Topliss-reactive ketones (excluding diaryl/α,β-unsaturated/α-hetero) is 1. The van der Waals surface area contributed by atoms with Crippen LogP contribution in [0.1, 0.15) is 22.9 Å². The number of nitrogens with zero attached hydrogens (tertiary/aromatic N) is 1. The molecule has 158 valence electrons. The Labute approximate surface area is 179 Å². The molecule has 3 aromatic rings. The fourth-order valence-corrected chi connectivity index (χ4v) is 3.66. The van der Waals surface area contributed by atoms with Crippen LogP contribution in [0, 0.1) is 6.92 Å². The van der Waals surface area contributed by atoms with Gasteiger partial charge in [0.1, 0.15) is 17.6 Å². The van der Waals surface area contributed by atoms with E-state index >= 15 is 0 Å². The third-order valence-corrected chi connectivity index (χ3v) is 5.23. The quantitative estimate of drug-likeness (QED) is 0.378. The van der Waals surface area contributed by atoms with Gasteiger partial charge in [-0.1, -0.05) is 17.7 Å². The Morgan fingerprint density at radius 2 is 1.71 bits per heavy atom. The summed E-state index contributed by atoms with van der Waals surface area (Å²) < 4.78 is 16.1. The third-order valence-electron chi connectivity index (χ3n) is 5.23. The number of hydrogen-bond donors (Lipinski definition) is 1. The third kappa shape index (κ3) is 3.44. The van der Waals surface area contributed by atoms with Crippen molar-refractivity contribution in [3.05, 3.63) is 83.3 Å². The van der Waals surface area contributed by atoms with Crippen molar-refractivity contribution in [3.8, 4) is 11.5 Å². The van der Waals surface area contributed by atoms with Crippen LogP contribution in [0.5, 0.6) is 11.5 Å². The van der Waals surface area contributed by atoms with Crippen molar-refractivity contribution >= 4 is 23.1 Å². The van der Waals surface area contributed by atoms with E-state index in [0.29, 0.717) is 28.5 Å². The minimum absolute atomic E-state index is 0.0623. The lowest BCUT2D eigenvalue weighted by molar-refractivity contribution is -0.132. The number of rotatable bonds is 5. The number of hydrogen-bond acceptors (Lipinski definition) is 6. The molecule has 1 fully saturated rings. The molecule has 1 amide bonds. The molecule has 0 radical (unpaired) electrons. The van der Waals surface area contributed by atoms with Crippen molar-refractivity contribution in [1.29, 1.82) is 0 Å². The average Bonchev–Trinajstić information content (AvgIpc) is 3.40. The standard InChI is InChI=1S/C24H21NO6/c1-14-6-9-16(10-7-14)25-21(18-5-4-12-31-18)20(23(27)24(25)28)22(26)15-8-11-17(29-2)19(13-15)30-3/h4-13,21,26H,1-3H3/b22-20-. The summed E-state index contributed by atoms with van der Waals surface area (Å²) in [6, 6.07) is 14.4. The maximum absolute atomic E-state index is 13.0. The highest BCUT2D eigenvalue weighted by molar-refractivity contribution is 6.51. The van der Waals surface area contributed by atoms with Gasteiger partial charge in [-0.2, -0.15) is 0 Å². The van der Waals surface area contributed by atoms with Gasteiger partial charge in [0.25, 0.3) is 11.7 Å². The first kappa shape index (κ1) is 20.3. The number of ether oxygens (including phenoxy) is 2. The summed E-state index contributed by atoms with van der Waals surface area (Å²) in [4.78, 5) is 27.4. The van der Waals surface area contributed by atoms with Gasteiger partial charge < -0.3 is 19.0 Å². The van der Waals surface area contributed by atoms with Crippen LogP contribution in [0.3, 0.4) is 0 Å². The number of furan rings is 1. The lowest BCUT2D eigenvalue weighted by Gasteiger charge is -2.23. The van der Waals surface area contributed by atoms with Crippen LogP contribution in [0.25, 0.3) is 5.76 Å². The summed E-state index contributed by atoms with van der Waals surface area (Å²) in [6.45, 7) is 1.93. The number of aryl methyl sites for hydroxylation is 1. The molecule has 2 heterocycles. The molecule has 4 rings (SSSR count). The monoisotopic (exact) mass is 419 g/mol. The predicted molar refractivity (Wildman–Crippen MR) is 114 cm³/mol. The average molecular weight is 419 g/mol. The van der Waals surface area contributed by atoms with Crippen molar-refractivity contribution in [2.24, 2.45) is 0 Å². The smallest absolute Gasteiger partial charge is 0.300 e. The molecule has 1 aromatic heterocycles. The fraction of sp³-hybridized carbons (Fsp3) is 0.167. The molecule has 1 aliphatic rings. The normalized spacial score (nSPS) is 17.8. The van der Waals surface area contributed by atoms with Gasteiger partial charge in [0.15, 0.2) is 11.5 Å². The molecule has 1 unspecified atom stereocenters. The summed E-state index contributed by atoms with van der Waals surface area (Å²) in [5, 5.41) is 11.1. The molecule has 1 N–H and O–H groups in total. The van der Waals surface area contributed by atoms with Gasteiger partial charge in [0.2, 0.25) is 0 Å². The van der Waals surface area contributed by atoms with E-state index in [0.717, 1.165) is 5.56 Å². The molecule has 1 aliphatic heterocycles. The van der Waals surface area contributed by atoms with Crippen molar-refractivity contribution in [1.82, 2.24) is 0 Å². The number of anilines is 1. The molecule has 0 spiro atoms. The van der Waals surface area contributed by atoms with E-state index in [2.05, 4.69) is 0 Å². The molecule has 1 atom stereocenters. The van der Waals surface area contributed by atoms with Gasteiger partial charge in [0, 0.05) is 11.3 Å². The summed E-state index contributed by atoms with van der Waals surface area (Å²) in [6.07, 6.45) is 1.46. The minimum Gasteiger partial charge on any atom is -0.507 e. The van der Waals surface area contributed by atoms with Crippen LogP contribution >= 0.6 is 0 Å². The number of ketones is 1. The van der Waals surface area contributed by atoms with Crippen molar-refractivity contribution in [2.75, 3.05) is 19.1 Å². The van der Waals surface area contributed by atoms with Gasteiger partial charge in [-0.25, -0.2) is 0 Å². The summed E-state index contributed by atoms with van der Waals surface area (Å²) in [7, 11) is 2.97. The second-order valence-electron chi connectivity index (χ2n) is 7.09. The Bertz CT molecular complexity index is 1160. The Kier molecular flexibility index (Phi) is 5.25. The van der Waals surface area contributed by atoms with E-state index in [9.17, 15) is 14.7 Å². The van der Waals surface area contributed by atoms with Crippen LogP contribution in [-0.2, 0) is 9.59 Å². The van der Waals surface area contributed by atoms with E-state index in [4.69, 9.17) is 13.9 Å². The molecule has 1 saturated heterocycles. The first-order valence-corrected chi connectivity index (χ1v) is 9.59. The largest absolute Gasteiger partial charge is 0.507 e. The number of benzene rings is 2. The Morgan fingerprint density at radius 1 is 1.00 bits per heavy atom. The highest BCUT2D eigenvalue weighted by Gasteiger charge is 2.48. The van der Waals surface area contributed by atoms with Crippen LogP contribution < -0.4 is 14.4 Å². The lowest BCUT2D eigenvalue weighted by Crippen LogP contribution is -2.29. The molecule has 0 aliphatic carbocycles. The van der Waals surface area contributed by atoms with Gasteiger partial charge >= 0.3 is 0 Å². The van der Waals surface area contributed by atoms with E-state index in [1.165, 1.54) is 25.4 Å². The first-order valence-electron chi connectivity index (χ1n) is 9.59. The second kappa shape index (κ2) is 8.02. The van der Waals surface area contributed by atoms with Crippen molar-refractivity contribution < 1.29 is 28.6 Å². The number of methoxy groups -OCH3 is 2. The zero-order valence-electron chi connectivity index (χ0n) is 17.3. The maximum atomic E-state index is 13.0. The maximum Gasteiger partial charge on any atom is 0.300 e. The van der Waals surface area contributed by atoms with Crippen LogP contribution in [0.4, 0.5) is 5.69 Å². The number of carbonyl (C=O) groups is 2. The Hall–Kier alpha value is -4.00. The second-order valence-corrected chi connectivity index (χ2v) is 7.09. The molecule has 0 bridgehead atoms. The molecular formula is C24H21NO6. The zero-order valence-corrected chi connectivity index (χ0v) is 17.3. The van der Waals surface area contributed by atoms with Crippen LogP contribution in [0.15, 0.2) is 70.9 Å². The predicted octanol–water partition coefficient (Wildman–Crippen LogP) is 4.23. The molecule has 7 heteroatoms. The SMILES string of the molecule is COc1ccc(/C(O)=C2/C(=O)C(=O)N(c3ccc(C)cc3)C2c2ccco2)cc1OC. The highest BCUT2D eigenvalue weighted by atomic mass is 16.5. The van der Waals surface area contributed by atoms with Crippen molar-refractivity contribution in [2.45, 2.75) is 13.0 Å².